The Morgan fingerprint density at radius 2 is 1.35 bits per heavy atom. The summed E-state index contributed by atoms with van der Waals surface area (Å²) in [5, 5.41) is 0. The van der Waals surface area contributed by atoms with E-state index in [0.717, 1.165) is 38.5 Å². The van der Waals surface area contributed by atoms with Crippen molar-refractivity contribution < 1.29 is 19.1 Å². The number of esters is 2. The van der Waals surface area contributed by atoms with Gasteiger partial charge in [0.05, 0.1) is 0 Å². The zero-order valence-electron chi connectivity index (χ0n) is 15.0. The number of carbonyl (C=O) groups is 2. The summed E-state index contributed by atoms with van der Waals surface area (Å²) in [5.74, 6) is -0.822. The van der Waals surface area contributed by atoms with Gasteiger partial charge >= 0.3 is 11.9 Å². The molecule has 0 aliphatic heterocycles. The van der Waals surface area contributed by atoms with Crippen LogP contribution < -0.4 is 0 Å². The van der Waals surface area contributed by atoms with Crippen LogP contribution in [0.4, 0.5) is 0 Å². The third kappa shape index (κ3) is 10.7. The standard InChI is InChI=1S/C19H32O4/c1-6-8-10-12-15(3)18(20)22-14-17(5)23-19(21)16(4)13-11-9-7-2/h17H,3-4,6-14H2,1-2,5H3. The number of ether oxygens (including phenoxy) is 2. The molecule has 0 aliphatic carbocycles. The summed E-state index contributed by atoms with van der Waals surface area (Å²) >= 11 is 0. The first-order valence-corrected chi connectivity index (χ1v) is 8.65. The molecule has 23 heavy (non-hydrogen) atoms. The molecule has 0 saturated carbocycles. The van der Waals surface area contributed by atoms with Crippen LogP contribution in [-0.2, 0) is 19.1 Å². The quantitative estimate of drug-likeness (QED) is 0.279. The minimum Gasteiger partial charge on any atom is -0.458 e. The molecule has 0 saturated heterocycles. The summed E-state index contributed by atoms with van der Waals surface area (Å²) in [6.07, 6.45) is 7.01. The van der Waals surface area contributed by atoms with Crippen LogP contribution >= 0.6 is 0 Å². The number of hydrogen-bond donors (Lipinski definition) is 0. The van der Waals surface area contributed by atoms with Crippen molar-refractivity contribution in [2.24, 2.45) is 0 Å². The minimum absolute atomic E-state index is 0.0413. The van der Waals surface area contributed by atoms with Gasteiger partial charge in [0.2, 0.25) is 0 Å². The second-order valence-electron chi connectivity index (χ2n) is 5.94. The second-order valence-corrected chi connectivity index (χ2v) is 5.94. The number of unbranched alkanes of at least 4 members (excludes halogenated alkanes) is 4. The van der Waals surface area contributed by atoms with Gasteiger partial charge in [0.25, 0.3) is 0 Å². The van der Waals surface area contributed by atoms with Crippen molar-refractivity contribution in [3.05, 3.63) is 24.3 Å². The van der Waals surface area contributed by atoms with Crippen LogP contribution in [0.15, 0.2) is 24.3 Å². The van der Waals surface area contributed by atoms with Gasteiger partial charge in [-0.05, 0) is 32.6 Å². The largest absolute Gasteiger partial charge is 0.458 e. The van der Waals surface area contributed by atoms with E-state index in [-0.39, 0.29) is 6.61 Å². The predicted octanol–water partition coefficient (Wildman–Crippen LogP) is 4.73. The Morgan fingerprint density at radius 1 is 0.870 bits per heavy atom. The summed E-state index contributed by atoms with van der Waals surface area (Å²) in [6.45, 7) is 13.4. The van der Waals surface area contributed by atoms with Crippen molar-refractivity contribution in [2.45, 2.75) is 78.2 Å². The van der Waals surface area contributed by atoms with E-state index >= 15 is 0 Å². The molecular formula is C19H32O4. The normalized spacial score (nSPS) is 11.6. The van der Waals surface area contributed by atoms with E-state index in [1.165, 1.54) is 0 Å². The maximum absolute atomic E-state index is 11.8. The molecule has 0 aromatic heterocycles. The fraction of sp³-hybridized carbons (Fsp3) is 0.684. The van der Waals surface area contributed by atoms with E-state index in [4.69, 9.17) is 9.47 Å². The van der Waals surface area contributed by atoms with Gasteiger partial charge in [0.15, 0.2) is 0 Å². The van der Waals surface area contributed by atoms with Crippen molar-refractivity contribution in [1.29, 1.82) is 0 Å². The van der Waals surface area contributed by atoms with Crippen LogP contribution in [0.3, 0.4) is 0 Å². The Bertz CT molecular complexity index is 398. The first-order chi connectivity index (χ1) is 10.9. The van der Waals surface area contributed by atoms with Crippen LogP contribution in [0.5, 0.6) is 0 Å². The lowest BCUT2D eigenvalue weighted by atomic mass is 10.1. The van der Waals surface area contributed by atoms with Crippen LogP contribution in [0.25, 0.3) is 0 Å². The lowest BCUT2D eigenvalue weighted by Gasteiger charge is -2.15. The molecule has 0 aromatic rings. The van der Waals surface area contributed by atoms with E-state index in [1.807, 2.05) is 0 Å². The highest BCUT2D eigenvalue weighted by atomic mass is 16.6. The summed E-state index contributed by atoms with van der Waals surface area (Å²) in [7, 11) is 0. The third-order valence-electron chi connectivity index (χ3n) is 3.50. The Labute approximate surface area is 140 Å². The van der Waals surface area contributed by atoms with Crippen molar-refractivity contribution in [3.8, 4) is 0 Å². The molecule has 0 bridgehead atoms. The Morgan fingerprint density at radius 3 is 1.83 bits per heavy atom. The molecule has 4 heteroatoms. The number of hydrogen-bond acceptors (Lipinski definition) is 4. The maximum Gasteiger partial charge on any atom is 0.333 e. The van der Waals surface area contributed by atoms with Crippen molar-refractivity contribution in [1.82, 2.24) is 0 Å². The highest BCUT2D eigenvalue weighted by molar-refractivity contribution is 5.88. The first-order valence-electron chi connectivity index (χ1n) is 8.65. The predicted molar refractivity (Wildman–Crippen MR) is 93.1 cm³/mol. The van der Waals surface area contributed by atoms with Gasteiger partial charge < -0.3 is 9.47 Å². The van der Waals surface area contributed by atoms with Crippen LogP contribution in [0, 0.1) is 0 Å². The van der Waals surface area contributed by atoms with Gasteiger partial charge in [-0.2, -0.15) is 0 Å². The van der Waals surface area contributed by atoms with Gasteiger partial charge in [-0.1, -0.05) is 52.7 Å². The molecule has 1 unspecified atom stereocenters. The van der Waals surface area contributed by atoms with E-state index in [2.05, 4.69) is 27.0 Å². The lowest BCUT2D eigenvalue weighted by Crippen LogP contribution is -2.23. The molecule has 0 rings (SSSR count). The molecule has 0 N–H and O–H groups in total. The van der Waals surface area contributed by atoms with E-state index in [0.29, 0.717) is 24.0 Å². The highest BCUT2D eigenvalue weighted by Crippen LogP contribution is 2.11. The summed E-state index contributed by atoms with van der Waals surface area (Å²) in [5.41, 5.74) is 0.946. The summed E-state index contributed by atoms with van der Waals surface area (Å²) < 4.78 is 10.4. The molecule has 0 aromatic carbocycles. The molecule has 4 nitrogen and oxygen atoms in total. The molecular weight excluding hydrogens is 292 g/mol. The van der Waals surface area contributed by atoms with Gasteiger partial charge in [0, 0.05) is 11.1 Å². The van der Waals surface area contributed by atoms with Crippen molar-refractivity contribution in [3.63, 3.8) is 0 Å². The number of rotatable bonds is 13. The molecule has 132 valence electrons. The molecule has 0 heterocycles. The van der Waals surface area contributed by atoms with E-state index in [1.54, 1.807) is 6.92 Å². The average Bonchev–Trinajstić information content (AvgIpc) is 2.52. The Hall–Kier alpha value is -1.58. The lowest BCUT2D eigenvalue weighted by molar-refractivity contribution is -0.153. The minimum atomic E-state index is -0.488. The maximum atomic E-state index is 11.8. The SMILES string of the molecule is C=C(CCCCC)C(=O)OCC(C)OC(=O)C(=C)CCCCC. The topological polar surface area (TPSA) is 52.6 Å². The van der Waals surface area contributed by atoms with E-state index < -0.39 is 18.0 Å². The monoisotopic (exact) mass is 324 g/mol. The van der Waals surface area contributed by atoms with Crippen molar-refractivity contribution >= 4 is 11.9 Å². The van der Waals surface area contributed by atoms with Gasteiger partial charge in [-0.25, -0.2) is 9.59 Å². The van der Waals surface area contributed by atoms with Gasteiger partial charge in [0.1, 0.15) is 12.7 Å². The molecule has 0 fully saturated rings. The van der Waals surface area contributed by atoms with Crippen LogP contribution in [-0.4, -0.2) is 24.6 Å². The average molecular weight is 324 g/mol. The zero-order valence-corrected chi connectivity index (χ0v) is 15.0. The number of carbonyl (C=O) groups excluding carboxylic acids is 2. The second kappa shape index (κ2) is 12.9. The summed E-state index contributed by atoms with van der Waals surface area (Å²) in [4.78, 5) is 23.6. The first kappa shape index (κ1) is 21.4. The highest BCUT2D eigenvalue weighted by Gasteiger charge is 2.15. The van der Waals surface area contributed by atoms with Crippen LogP contribution in [0.2, 0.25) is 0 Å². The molecule has 0 aliphatic rings. The molecule has 0 spiro atoms. The fourth-order valence-electron chi connectivity index (χ4n) is 1.98. The van der Waals surface area contributed by atoms with Crippen molar-refractivity contribution in [2.75, 3.05) is 6.61 Å². The summed E-state index contributed by atoms with van der Waals surface area (Å²) in [6, 6.07) is 0. The van der Waals surface area contributed by atoms with Gasteiger partial charge in [-0.3, -0.25) is 0 Å². The molecule has 1 atom stereocenters. The smallest absolute Gasteiger partial charge is 0.333 e. The third-order valence-corrected chi connectivity index (χ3v) is 3.50. The zero-order chi connectivity index (χ0) is 17.7. The molecule has 0 amide bonds. The molecule has 0 radical (unpaired) electrons. The van der Waals surface area contributed by atoms with Gasteiger partial charge in [-0.15, -0.1) is 0 Å². The fourth-order valence-corrected chi connectivity index (χ4v) is 1.98. The van der Waals surface area contributed by atoms with Crippen LogP contribution in [0.1, 0.15) is 72.1 Å². The Balaban J connectivity index is 3.98. The van der Waals surface area contributed by atoms with E-state index in [9.17, 15) is 9.59 Å². The Kier molecular flexibility index (Phi) is 12.0.